The molecule has 0 spiro atoms. The number of methoxy groups -OCH3 is 1. The number of hydrazine groups is 2. The van der Waals surface area contributed by atoms with Crippen LogP contribution in [0.1, 0.15) is 48.9 Å². The van der Waals surface area contributed by atoms with Gasteiger partial charge in [-0.1, -0.05) is 12.8 Å². The molecule has 4 fully saturated rings. The SMILES string of the molecule is COc1cc(C(=O)NC2CCN(C)CC2)ccc1NC1NCC2C(N1)N(C1CCCC1)CC(F)(F)C1=NNNN12. The van der Waals surface area contributed by atoms with Gasteiger partial charge in [-0.05, 0) is 64.0 Å². The summed E-state index contributed by atoms with van der Waals surface area (Å²) in [6, 6.07) is 5.25. The normalized spacial score (nSPS) is 29.6. The molecular formula is C26H40F2N10O2. The number of piperidine rings is 1. The van der Waals surface area contributed by atoms with Crippen molar-refractivity contribution in [3.8, 4) is 5.75 Å². The summed E-state index contributed by atoms with van der Waals surface area (Å²) in [6.45, 7) is 1.96. The summed E-state index contributed by atoms with van der Waals surface area (Å²) >= 11 is 0. The zero-order chi connectivity index (χ0) is 27.9. The van der Waals surface area contributed by atoms with E-state index < -0.39 is 18.8 Å². The minimum Gasteiger partial charge on any atom is -0.495 e. The van der Waals surface area contributed by atoms with E-state index in [0.717, 1.165) is 51.6 Å². The Balaban J connectivity index is 1.17. The molecule has 6 rings (SSSR count). The Kier molecular flexibility index (Phi) is 7.70. The number of nitrogens with zero attached hydrogens (tertiary/aromatic N) is 4. The first kappa shape index (κ1) is 27.4. The number of amides is 1. The predicted molar refractivity (Wildman–Crippen MR) is 147 cm³/mol. The highest BCUT2D eigenvalue weighted by molar-refractivity contribution is 5.95. The maximum Gasteiger partial charge on any atom is 0.320 e. The number of alkyl halides is 2. The lowest BCUT2D eigenvalue weighted by Crippen LogP contribution is -2.73. The fraction of sp³-hybridized carbons (Fsp3) is 0.692. The quantitative estimate of drug-likeness (QED) is 0.295. The number of hydrogen-bond acceptors (Lipinski definition) is 11. The van der Waals surface area contributed by atoms with Gasteiger partial charge < -0.3 is 20.3 Å². The molecule has 0 radical (unpaired) electrons. The molecule has 14 heteroatoms. The number of amidine groups is 1. The molecule has 4 aliphatic heterocycles. The molecule has 3 saturated heterocycles. The van der Waals surface area contributed by atoms with Gasteiger partial charge in [0, 0.05) is 24.2 Å². The number of benzene rings is 1. The van der Waals surface area contributed by atoms with Crippen molar-refractivity contribution in [2.45, 2.75) is 75.0 Å². The van der Waals surface area contributed by atoms with Gasteiger partial charge in [-0.3, -0.25) is 25.3 Å². The molecule has 1 aromatic rings. The zero-order valence-corrected chi connectivity index (χ0v) is 23.1. The van der Waals surface area contributed by atoms with E-state index in [0.29, 0.717) is 23.5 Å². The van der Waals surface area contributed by atoms with E-state index in [2.05, 4.69) is 49.4 Å². The first-order valence-electron chi connectivity index (χ1n) is 14.3. The maximum absolute atomic E-state index is 15.4. The van der Waals surface area contributed by atoms with Gasteiger partial charge in [-0.2, -0.15) is 8.78 Å². The summed E-state index contributed by atoms with van der Waals surface area (Å²) in [5.74, 6) is -2.98. The van der Waals surface area contributed by atoms with Gasteiger partial charge in [-0.25, -0.2) is 5.53 Å². The van der Waals surface area contributed by atoms with E-state index in [4.69, 9.17) is 4.74 Å². The molecule has 12 nitrogen and oxygen atoms in total. The summed E-state index contributed by atoms with van der Waals surface area (Å²) in [4.78, 5) is 17.1. The van der Waals surface area contributed by atoms with Gasteiger partial charge in [-0.15, -0.1) is 10.6 Å². The number of carbonyl (C=O) groups is 1. The van der Waals surface area contributed by atoms with Crippen molar-refractivity contribution in [3.05, 3.63) is 23.8 Å². The van der Waals surface area contributed by atoms with Crippen LogP contribution in [0.15, 0.2) is 23.3 Å². The molecule has 0 bridgehead atoms. The number of hydrazone groups is 1. The monoisotopic (exact) mass is 562 g/mol. The molecule has 6 N–H and O–H groups in total. The van der Waals surface area contributed by atoms with Crippen molar-refractivity contribution >= 4 is 17.4 Å². The van der Waals surface area contributed by atoms with Crippen molar-refractivity contribution in [2.24, 2.45) is 5.10 Å². The molecular weight excluding hydrogens is 522 g/mol. The Morgan fingerprint density at radius 2 is 1.95 bits per heavy atom. The second kappa shape index (κ2) is 11.2. The van der Waals surface area contributed by atoms with E-state index >= 15 is 8.78 Å². The zero-order valence-electron chi connectivity index (χ0n) is 23.1. The van der Waals surface area contributed by atoms with Crippen LogP contribution in [-0.4, -0.2) is 103 Å². The summed E-state index contributed by atoms with van der Waals surface area (Å²) in [7, 11) is 3.66. The highest BCUT2D eigenvalue weighted by Crippen LogP contribution is 2.35. The summed E-state index contributed by atoms with van der Waals surface area (Å²) in [5.41, 5.74) is 6.55. The van der Waals surface area contributed by atoms with Crippen LogP contribution in [0.25, 0.3) is 0 Å². The van der Waals surface area contributed by atoms with Crippen molar-refractivity contribution in [1.29, 1.82) is 0 Å². The first-order valence-corrected chi connectivity index (χ1v) is 14.3. The summed E-state index contributed by atoms with van der Waals surface area (Å²) in [5, 5.41) is 18.8. The lowest BCUT2D eigenvalue weighted by molar-refractivity contribution is -0.0179. The van der Waals surface area contributed by atoms with Crippen LogP contribution in [0.2, 0.25) is 0 Å². The number of nitrogens with one attached hydrogen (secondary N) is 6. The van der Waals surface area contributed by atoms with Crippen LogP contribution in [0, 0.1) is 0 Å². The first-order chi connectivity index (χ1) is 19.3. The van der Waals surface area contributed by atoms with Gasteiger partial charge >= 0.3 is 5.92 Å². The maximum atomic E-state index is 15.4. The minimum atomic E-state index is -3.10. The number of likely N-dealkylation sites (tertiary alicyclic amines) is 1. The third kappa shape index (κ3) is 5.42. The van der Waals surface area contributed by atoms with Crippen LogP contribution in [0.4, 0.5) is 14.5 Å². The fourth-order valence-corrected chi connectivity index (χ4v) is 6.59. The van der Waals surface area contributed by atoms with Crippen LogP contribution < -0.4 is 37.1 Å². The average molecular weight is 563 g/mol. The van der Waals surface area contributed by atoms with Crippen LogP contribution in [0.5, 0.6) is 5.75 Å². The lowest BCUT2D eigenvalue weighted by Gasteiger charge is -2.46. The Bertz CT molecular complexity index is 1110. The molecule has 5 aliphatic rings. The molecule has 0 aromatic heterocycles. The highest BCUT2D eigenvalue weighted by Gasteiger charge is 2.55. The summed E-state index contributed by atoms with van der Waals surface area (Å²) in [6.07, 6.45) is 4.98. The Hall–Kier alpha value is -2.78. The second-order valence-corrected chi connectivity index (χ2v) is 11.5. The lowest BCUT2D eigenvalue weighted by atomic mass is 10.0. The highest BCUT2D eigenvalue weighted by atomic mass is 19.3. The predicted octanol–water partition coefficient (Wildman–Crippen LogP) is 0.634. The molecule has 220 valence electrons. The topological polar surface area (TPSA) is 121 Å². The van der Waals surface area contributed by atoms with E-state index in [1.165, 1.54) is 5.01 Å². The van der Waals surface area contributed by atoms with E-state index in [1.54, 1.807) is 19.2 Å². The molecule has 1 aliphatic carbocycles. The van der Waals surface area contributed by atoms with E-state index in [1.807, 2.05) is 11.0 Å². The minimum absolute atomic E-state index is 0.0788. The molecule has 1 amide bonds. The van der Waals surface area contributed by atoms with Crippen LogP contribution in [-0.2, 0) is 0 Å². The Morgan fingerprint density at radius 1 is 1.18 bits per heavy atom. The number of rotatable bonds is 6. The molecule has 4 heterocycles. The van der Waals surface area contributed by atoms with Crippen LogP contribution in [0.3, 0.4) is 0 Å². The number of carbonyl (C=O) groups excluding carboxylic acids is 1. The third-order valence-electron chi connectivity index (χ3n) is 8.80. The molecule has 1 saturated carbocycles. The number of hydrogen-bond donors (Lipinski definition) is 6. The number of ether oxygens (including phenoxy) is 1. The fourth-order valence-electron chi connectivity index (χ4n) is 6.59. The largest absolute Gasteiger partial charge is 0.495 e. The second-order valence-electron chi connectivity index (χ2n) is 11.5. The van der Waals surface area contributed by atoms with E-state index in [-0.39, 0.29) is 36.0 Å². The van der Waals surface area contributed by atoms with Crippen molar-refractivity contribution in [3.63, 3.8) is 0 Å². The van der Waals surface area contributed by atoms with Crippen molar-refractivity contribution in [2.75, 3.05) is 45.7 Å². The Labute approximate surface area is 233 Å². The standard InChI is InChI=1S/C26H40F2N10O2/c1-36-11-9-17(10-12-36)30-23(39)16-7-8-19(21(13-16)40-2)31-25-29-14-20-22(32-25)37(18-5-3-4-6-18)15-26(27,28)24-33-34-35-38(20)24/h7-8,13,17-18,20,22,25,29,31-32,34-35H,3-6,9-12,14-15H2,1-2H3,(H,30,39). The average Bonchev–Trinajstić information content (AvgIpc) is 3.65. The van der Waals surface area contributed by atoms with Gasteiger partial charge in [0.15, 0.2) is 0 Å². The van der Waals surface area contributed by atoms with Gasteiger partial charge in [0.05, 0.1) is 31.5 Å². The van der Waals surface area contributed by atoms with Gasteiger partial charge in [0.25, 0.3) is 5.91 Å². The van der Waals surface area contributed by atoms with Crippen molar-refractivity contribution < 1.29 is 18.3 Å². The number of anilines is 1. The number of halogens is 2. The van der Waals surface area contributed by atoms with Gasteiger partial charge in [0.1, 0.15) is 12.0 Å². The van der Waals surface area contributed by atoms with Crippen molar-refractivity contribution in [1.82, 2.24) is 41.8 Å². The Morgan fingerprint density at radius 3 is 2.70 bits per heavy atom. The van der Waals surface area contributed by atoms with E-state index in [9.17, 15) is 4.79 Å². The summed E-state index contributed by atoms with van der Waals surface area (Å²) < 4.78 is 36.4. The number of fused-ring (bicyclic) bond motifs is 3. The van der Waals surface area contributed by atoms with Gasteiger partial charge in [0.2, 0.25) is 5.84 Å². The third-order valence-corrected chi connectivity index (χ3v) is 8.80. The molecule has 40 heavy (non-hydrogen) atoms. The molecule has 3 atom stereocenters. The van der Waals surface area contributed by atoms with Crippen LogP contribution >= 0.6 is 0 Å². The molecule has 3 unspecified atom stereocenters. The molecule has 1 aromatic carbocycles. The smallest absolute Gasteiger partial charge is 0.320 e.